The van der Waals surface area contributed by atoms with E-state index in [4.69, 9.17) is 10.6 Å². The highest BCUT2D eigenvalue weighted by molar-refractivity contribution is 9.10. The first-order chi connectivity index (χ1) is 10.2. The molecule has 21 heavy (non-hydrogen) atoms. The van der Waals surface area contributed by atoms with Crippen LogP contribution in [0.3, 0.4) is 0 Å². The first kappa shape index (κ1) is 15.9. The highest BCUT2D eigenvalue weighted by atomic mass is 79.9. The molecule has 0 heterocycles. The smallest absolute Gasteiger partial charge is 0.268 e. The molecule has 0 radical (unpaired) electrons. The molecular formula is C15H15BrN2O2S. The number of carbonyl (C=O) groups excluding carboxylic acids is 1. The van der Waals surface area contributed by atoms with E-state index >= 15 is 0 Å². The average molecular weight is 367 g/mol. The van der Waals surface area contributed by atoms with E-state index in [9.17, 15) is 4.79 Å². The topological polar surface area (TPSA) is 64.3 Å². The molecule has 0 aliphatic heterocycles. The Hall–Kier alpha value is -1.50. The third-order valence-corrected chi connectivity index (χ3v) is 4.19. The molecule has 6 heteroatoms. The maximum absolute atomic E-state index is 11.6. The Labute approximate surface area is 136 Å². The van der Waals surface area contributed by atoms with Crippen LogP contribution in [0.25, 0.3) is 0 Å². The zero-order valence-corrected chi connectivity index (χ0v) is 13.6. The summed E-state index contributed by atoms with van der Waals surface area (Å²) < 4.78 is 6.72. The number of nitrogen functional groups attached to an aromatic ring is 1. The number of amides is 1. The van der Waals surface area contributed by atoms with Gasteiger partial charge < -0.3 is 4.74 Å². The van der Waals surface area contributed by atoms with Gasteiger partial charge in [0.2, 0.25) is 0 Å². The molecule has 0 saturated heterocycles. The largest absolute Gasteiger partial charge is 0.492 e. The van der Waals surface area contributed by atoms with Crippen LogP contribution in [0.15, 0.2) is 57.9 Å². The van der Waals surface area contributed by atoms with Gasteiger partial charge in [0.25, 0.3) is 5.91 Å². The maximum atomic E-state index is 11.6. The summed E-state index contributed by atoms with van der Waals surface area (Å²) in [7, 11) is 0. The van der Waals surface area contributed by atoms with E-state index in [0.29, 0.717) is 17.9 Å². The summed E-state index contributed by atoms with van der Waals surface area (Å²) in [6, 6.07) is 15.1. The lowest BCUT2D eigenvalue weighted by Gasteiger charge is -2.10. The second kappa shape index (κ2) is 8.07. The molecular weight excluding hydrogens is 352 g/mol. The molecule has 2 aromatic carbocycles. The number of nitrogens with one attached hydrogen (secondary N) is 1. The lowest BCUT2D eigenvalue weighted by Crippen LogP contribution is -2.30. The number of halogens is 1. The number of ether oxygens (including phenoxy) is 1. The fraction of sp³-hybridized carbons (Fsp3) is 0.133. The van der Waals surface area contributed by atoms with Crippen molar-refractivity contribution in [3.8, 4) is 5.75 Å². The predicted octanol–water partition coefficient (Wildman–Crippen LogP) is 3.22. The van der Waals surface area contributed by atoms with Crippen LogP contribution >= 0.6 is 27.7 Å². The van der Waals surface area contributed by atoms with Crippen LogP contribution in [-0.2, 0) is 0 Å². The lowest BCUT2D eigenvalue weighted by atomic mass is 10.2. The fourth-order valence-electron chi connectivity index (χ4n) is 1.70. The Morgan fingerprint density at radius 1 is 1.19 bits per heavy atom. The molecule has 0 spiro atoms. The Morgan fingerprint density at radius 3 is 2.62 bits per heavy atom. The normalized spacial score (nSPS) is 10.2. The van der Waals surface area contributed by atoms with Crippen molar-refractivity contribution >= 4 is 33.6 Å². The quantitative estimate of drug-likeness (QED) is 0.271. The van der Waals surface area contributed by atoms with Crippen LogP contribution in [-0.4, -0.2) is 18.3 Å². The molecule has 0 aromatic heterocycles. The van der Waals surface area contributed by atoms with Crippen molar-refractivity contribution in [2.24, 2.45) is 5.84 Å². The van der Waals surface area contributed by atoms with E-state index in [1.54, 1.807) is 30.0 Å². The second-order valence-corrected chi connectivity index (χ2v) is 6.20. The third kappa shape index (κ3) is 4.77. The van der Waals surface area contributed by atoms with Gasteiger partial charge in [0.05, 0.1) is 12.2 Å². The first-order valence-corrected chi connectivity index (χ1v) is 8.09. The SMILES string of the molecule is NNC(=O)c1ccccc1OCCSc1ccc(Br)cc1. The summed E-state index contributed by atoms with van der Waals surface area (Å²) in [4.78, 5) is 12.8. The molecule has 2 aromatic rings. The van der Waals surface area contributed by atoms with E-state index in [-0.39, 0.29) is 5.91 Å². The summed E-state index contributed by atoms with van der Waals surface area (Å²) in [5, 5.41) is 0. The minimum Gasteiger partial charge on any atom is -0.492 e. The van der Waals surface area contributed by atoms with Gasteiger partial charge in [-0.3, -0.25) is 10.2 Å². The minimum absolute atomic E-state index is 0.355. The van der Waals surface area contributed by atoms with Gasteiger partial charge in [-0.15, -0.1) is 11.8 Å². The summed E-state index contributed by atoms with van der Waals surface area (Å²) in [6.45, 7) is 0.510. The van der Waals surface area contributed by atoms with Crippen LogP contribution in [0.5, 0.6) is 5.75 Å². The summed E-state index contributed by atoms with van der Waals surface area (Å²) in [6.07, 6.45) is 0. The maximum Gasteiger partial charge on any atom is 0.268 e. The van der Waals surface area contributed by atoms with Crippen molar-refractivity contribution in [1.29, 1.82) is 0 Å². The Kier molecular flexibility index (Phi) is 6.10. The standard InChI is InChI=1S/C15H15BrN2O2S/c16-11-5-7-12(8-6-11)21-10-9-20-14-4-2-1-3-13(14)15(19)18-17/h1-8H,9-10,17H2,(H,18,19). The molecule has 0 unspecified atom stereocenters. The number of rotatable bonds is 6. The number of carbonyl (C=O) groups is 1. The van der Waals surface area contributed by atoms with E-state index in [1.807, 2.05) is 30.3 Å². The van der Waals surface area contributed by atoms with Crippen LogP contribution in [0, 0.1) is 0 Å². The summed E-state index contributed by atoms with van der Waals surface area (Å²) >= 11 is 5.10. The first-order valence-electron chi connectivity index (χ1n) is 6.32. The van der Waals surface area contributed by atoms with Crippen molar-refractivity contribution in [1.82, 2.24) is 5.43 Å². The molecule has 4 nitrogen and oxygen atoms in total. The molecule has 3 N–H and O–H groups in total. The molecule has 0 saturated carbocycles. The summed E-state index contributed by atoms with van der Waals surface area (Å²) in [5.41, 5.74) is 2.55. The zero-order chi connectivity index (χ0) is 15.1. The lowest BCUT2D eigenvalue weighted by molar-refractivity contribution is 0.0950. The van der Waals surface area contributed by atoms with Crippen molar-refractivity contribution in [3.05, 3.63) is 58.6 Å². The van der Waals surface area contributed by atoms with Crippen LogP contribution in [0.4, 0.5) is 0 Å². The molecule has 0 aliphatic rings. The monoisotopic (exact) mass is 366 g/mol. The predicted molar refractivity (Wildman–Crippen MR) is 88.5 cm³/mol. The van der Waals surface area contributed by atoms with Crippen LogP contribution in [0.2, 0.25) is 0 Å². The molecule has 0 aliphatic carbocycles. The number of hydrazine groups is 1. The number of benzene rings is 2. The van der Waals surface area contributed by atoms with E-state index < -0.39 is 0 Å². The van der Waals surface area contributed by atoms with Gasteiger partial charge >= 0.3 is 0 Å². The van der Waals surface area contributed by atoms with Gasteiger partial charge in [-0.25, -0.2) is 5.84 Å². The van der Waals surface area contributed by atoms with Crippen molar-refractivity contribution in [3.63, 3.8) is 0 Å². The molecule has 0 atom stereocenters. The number of hydrogen-bond acceptors (Lipinski definition) is 4. The second-order valence-electron chi connectivity index (χ2n) is 4.12. The van der Waals surface area contributed by atoms with Gasteiger partial charge in [-0.05, 0) is 36.4 Å². The number of hydrogen-bond donors (Lipinski definition) is 2. The highest BCUT2D eigenvalue weighted by Crippen LogP contribution is 2.22. The zero-order valence-electron chi connectivity index (χ0n) is 11.2. The van der Waals surface area contributed by atoms with Crippen LogP contribution < -0.4 is 16.0 Å². The number of nitrogens with two attached hydrogens (primary N) is 1. The minimum atomic E-state index is -0.355. The van der Waals surface area contributed by atoms with Gasteiger partial charge in [0.1, 0.15) is 5.75 Å². The van der Waals surface area contributed by atoms with E-state index in [0.717, 1.165) is 10.2 Å². The molecule has 0 fully saturated rings. The van der Waals surface area contributed by atoms with Gasteiger partial charge in [0, 0.05) is 15.1 Å². The molecule has 0 bridgehead atoms. The van der Waals surface area contributed by atoms with Crippen molar-refractivity contribution in [2.45, 2.75) is 4.90 Å². The van der Waals surface area contributed by atoms with Crippen molar-refractivity contribution in [2.75, 3.05) is 12.4 Å². The molecule has 110 valence electrons. The Bertz CT molecular complexity index is 605. The van der Waals surface area contributed by atoms with Crippen molar-refractivity contribution < 1.29 is 9.53 Å². The van der Waals surface area contributed by atoms with E-state index in [2.05, 4.69) is 21.4 Å². The Balaban J connectivity index is 1.86. The van der Waals surface area contributed by atoms with Gasteiger partial charge in [-0.1, -0.05) is 28.1 Å². The molecule has 2 rings (SSSR count). The average Bonchev–Trinajstić information content (AvgIpc) is 2.53. The third-order valence-electron chi connectivity index (χ3n) is 2.69. The summed E-state index contributed by atoms with van der Waals surface area (Å²) in [5.74, 6) is 6.13. The van der Waals surface area contributed by atoms with Crippen LogP contribution in [0.1, 0.15) is 10.4 Å². The highest BCUT2D eigenvalue weighted by Gasteiger charge is 2.10. The van der Waals surface area contributed by atoms with E-state index in [1.165, 1.54) is 4.90 Å². The van der Waals surface area contributed by atoms with Gasteiger partial charge in [-0.2, -0.15) is 0 Å². The number of thioether (sulfide) groups is 1. The van der Waals surface area contributed by atoms with Gasteiger partial charge in [0.15, 0.2) is 0 Å². The number of para-hydroxylation sites is 1. The fourth-order valence-corrected chi connectivity index (χ4v) is 2.70. The molecule has 1 amide bonds. The Morgan fingerprint density at radius 2 is 1.90 bits per heavy atom.